The van der Waals surface area contributed by atoms with E-state index in [4.69, 9.17) is 5.73 Å². The first-order valence-electron chi connectivity index (χ1n) is 8.81. The summed E-state index contributed by atoms with van der Waals surface area (Å²) in [6, 6.07) is 16.8. The van der Waals surface area contributed by atoms with Crippen LogP contribution in [0.25, 0.3) is 0 Å². The van der Waals surface area contributed by atoms with Crippen molar-refractivity contribution >= 4 is 11.4 Å². The minimum absolute atomic E-state index is 0.181. The standard InChI is InChI=1S/C20H25N3O/c21-18-8-4-5-15-13-20(24)19(14-17(15)18)23-11-9-22(10-12-23)16-6-2-1-3-7-16/h1-8,19-20,24H,9-14,21H2/t19-,20-/m0/s1. The zero-order valence-electron chi connectivity index (χ0n) is 13.9. The van der Waals surface area contributed by atoms with Crippen LogP contribution < -0.4 is 10.6 Å². The molecule has 2 aromatic carbocycles. The highest BCUT2D eigenvalue weighted by molar-refractivity contribution is 5.53. The summed E-state index contributed by atoms with van der Waals surface area (Å²) in [4.78, 5) is 4.87. The Hall–Kier alpha value is -2.04. The largest absolute Gasteiger partial charge is 0.398 e. The molecule has 126 valence electrons. The maximum Gasteiger partial charge on any atom is 0.0739 e. The van der Waals surface area contributed by atoms with Crippen molar-refractivity contribution < 1.29 is 5.11 Å². The molecule has 0 radical (unpaired) electrons. The first kappa shape index (κ1) is 15.5. The third-order valence-electron chi connectivity index (χ3n) is 5.50. The van der Waals surface area contributed by atoms with Gasteiger partial charge in [0, 0.05) is 50.0 Å². The fourth-order valence-corrected chi connectivity index (χ4v) is 4.12. The average Bonchev–Trinajstić information content (AvgIpc) is 2.62. The first-order chi connectivity index (χ1) is 11.7. The Kier molecular flexibility index (Phi) is 4.17. The van der Waals surface area contributed by atoms with Crippen LogP contribution in [-0.4, -0.2) is 48.3 Å². The molecule has 2 aliphatic rings. The highest BCUT2D eigenvalue weighted by atomic mass is 16.3. The third kappa shape index (κ3) is 2.87. The zero-order chi connectivity index (χ0) is 16.5. The Morgan fingerprint density at radius 1 is 0.875 bits per heavy atom. The summed E-state index contributed by atoms with van der Waals surface area (Å²) in [5.41, 5.74) is 10.8. The monoisotopic (exact) mass is 323 g/mol. The number of anilines is 2. The first-order valence-corrected chi connectivity index (χ1v) is 8.81. The number of aliphatic hydroxyl groups is 1. The average molecular weight is 323 g/mol. The lowest BCUT2D eigenvalue weighted by atomic mass is 9.84. The van der Waals surface area contributed by atoms with Gasteiger partial charge in [0.1, 0.15) is 0 Å². The molecule has 1 fully saturated rings. The van der Waals surface area contributed by atoms with Gasteiger partial charge >= 0.3 is 0 Å². The summed E-state index contributed by atoms with van der Waals surface area (Å²) in [6.07, 6.45) is 1.26. The lowest BCUT2D eigenvalue weighted by Crippen LogP contribution is -2.56. The van der Waals surface area contributed by atoms with Gasteiger partial charge < -0.3 is 15.7 Å². The van der Waals surface area contributed by atoms with E-state index in [-0.39, 0.29) is 12.1 Å². The normalized spacial score (nSPS) is 24.6. The maximum absolute atomic E-state index is 10.6. The Balaban J connectivity index is 1.45. The molecule has 3 N–H and O–H groups in total. The number of hydrogen-bond donors (Lipinski definition) is 2. The second-order valence-electron chi connectivity index (χ2n) is 6.89. The van der Waals surface area contributed by atoms with Crippen LogP contribution in [0.2, 0.25) is 0 Å². The van der Waals surface area contributed by atoms with E-state index in [2.05, 4.69) is 46.2 Å². The summed E-state index contributed by atoms with van der Waals surface area (Å²) in [5, 5.41) is 10.6. The number of hydrogen-bond acceptors (Lipinski definition) is 4. The van der Waals surface area contributed by atoms with Gasteiger partial charge in [0.05, 0.1) is 6.10 Å². The van der Waals surface area contributed by atoms with Crippen molar-refractivity contribution in [3.05, 3.63) is 59.7 Å². The number of piperazine rings is 1. The number of nitrogens with zero attached hydrogens (tertiary/aromatic N) is 2. The molecular formula is C20H25N3O. The van der Waals surface area contributed by atoms with Crippen molar-refractivity contribution in [2.24, 2.45) is 0 Å². The van der Waals surface area contributed by atoms with Gasteiger partial charge in [-0.25, -0.2) is 0 Å². The van der Waals surface area contributed by atoms with E-state index in [1.54, 1.807) is 0 Å². The maximum atomic E-state index is 10.6. The van der Waals surface area contributed by atoms with Gasteiger partial charge in [-0.2, -0.15) is 0 Å². The molecule has 2 atom stereocenters. The molecule has 0 saturated carbocycles. The smallest absolute Gasteiger partial charge is 0.0739 e. The highest BCUT2D eigenvalue weighted by Gasteiger charge is 2.33. The van der Waals surface area contributed by atoms with E-state index >= 15 is 0 Å². The predicted octanol–water partition coefficient (Wildman–Crippen LogP) is 1.92. The van der Waals surface area contributed by atoms with Gasteiger partial charge in [0.25, 0.3) is 0 Å². The minimum Gasteiger partial charge on any atom is -0.398 e. The van der Waals surface area contributed by atoms with Gasteiger partial charge in [-0.05, 0) is 35.7 Å². The summed E-state index contributed by atoms with van der Waals surface area (Å²) in [5.74, 6) is 0. The molecule has 0 bridgehead atoms. The van der Waals surface area contributed by atoms with E-state index < -0.39 is 0 Å². The number of rotatable bonds is 2. The highest BCUT2D eigenvalue weighted by Crippen LogP contribution is 2.30. The second-order valence-corrected chi connectivity index (χ2v) is 6.89. The number of aliphatic hydroxyl groups excluding tert-OH is 1. The van der Waals surface area contributed by atoms with Crippen LogP contribution in [0.15, 0.2) is 48.5 Å². The number of fused-ring (bicyclic) bond motifs is 1. The molecule has 1 aliphatic carbocycles. The fraction of sp³-hybridized carbons (Fsp3) is 0.400. The van der Waals surface area contributed by atoms with Crippen LogP contribution >= 0.6 is 0 Å². The molecule has 2 aromatic rings. The van der Waals surface area contributed by atoms with Gasteiger partial charge in [-0.3, -0.25) is 4.90 Å². The Morgan fingerprint density at radius 3 is 2.38 bits per heavy atom. The van der Waals surface area contributed by atoms with E-state index in [1.807, 2.05) is 12.1 Å². The van der Waals surface area contributed by atoms with Crippen molar-refractivity contribution in [3.8, 4) is 0 Å². The van der Waals surface area contributed by atoms with Crippen LogP contribution in [0.1, 0.15) is 11.1 Å². The molecule has 4 nitrogen and oxygen atoms in total. The van der Waals surface area contributed by atoms with Crippen LogP contribution in [0.5, 0.6) is 0 Å². The molecule has 24 heavy (non-hydrogen) atoms. The molecule has 0 aromatic heterocycles. The molecular weight excluding hydrogens is 298 g/mol. The van der Waals surface area contributed by atoms with Crippen molar-refractivity contribution in [2.45, 2.75) is 25.0 Å². The zero-order valence-corrected chi connectivity index (χ0v) is 13.9. The van der Waals surface area contributed by atoms with Crippen LogP contribution in [0, 0.1) is 0 Å². The number of nitrogen functional groups attached to an aromatic ring is 1. The SMILES string of the molecule is Nc1cccc2c1C[C@H](N1CCN(c3ccccc3)CC1)[C@@H](O)C2. The number of benzene rings is 2. The third-order valence-corrected chi connectivity index (χ3v) is 5.50. The van der Waals surface area contributed by atoms with Gasteiger partial charge in [-0.1, -0.05) is 30.3 Å². The fourth-order valence-electron chi connectivity index (χ4n) is 4.12. The predicted molar refractivity (Wildman–Crippen MR) is 98.3 cm³/mol. The molecule has 1 aliphatic heterocycles. The molecule has 4 heteroatoms. The van der Waals surface area contributed by atoms with Crippen molar-refractivity contribution in [3.63, 3.8) is 0 Å². The second kappa shape index (κ2) is 6.46. The summed E-state index contributed by atoms with van der Waals surface area (Å²) < 4.78 is 0. The van der Waals surface area contributed by atoms with E-state index in [0.29, 0.717) is 6.42 Å². The van der Waals surface area contributed by atoms with Crippen LogP contribution in [0.4, 0.5) is 11.4 Å². The summed E-state index contributed by atoms with van der Waals surface area (Å²) in [7, 11) is 0. The van der Waals surface area contributed by atoms with Gasteiger partial charge in [-0.15, -0.1) is 0 Å². The van der Waals surface area contributed by atoms with E-state index in [1.165, 1.54) is 16.8 Å². The Labute approximate surface area is 143 Å². The molecule has 1 heterocycles. The Bertz CT molecular complexity index is 695. The topological polar surface area (TPSA) is 52.7 Å². The quantitative estimate of drug-likeness (QED) is 0.829. The van der Waals surface area contributed by atoms with Crippen molar-refractivity contribution in [1.29, 1.82) is 0 Å². The number of nitrogens with two attached hydrogens (primary N) is 1. The van der Waals surface area contributed by atoms with Crippen LogP contribution in [0.3, 0.4) is 0 Å². The Morgan fingerprint density at radius 2 is 1.62 bits per heavy atom. The summed E-state index contributed by atoms with van der Waals surface area (Å²) in [6.45, 7) is 3.98. The molecule has 0 unspecified atom stereocenters. The number of para-hydroxylation sites is 1. The lowest BCUT2D eigenvalue weighted by molar-refractivity contribution is 0.0397. The molecule has 4 rings (SSSR count). The molecule has 0 amide bonds. The van der Waals surface area contributed by atoms with Gasteiger partial charge in [0.2, 0.25) is 0 Å². The van der Waals surface area contributed by atoms with Crippen LogP contribution in [-0.2, 0) is 12.8 Å². The van der Waals surface area contributed by atoms with E-state index in [0.717, 1.165) is 38.3 Å². The molecule has 1 saturated heterocycles. The van der Waals surface area contributed by atoms with Gasteiger partial charge in [0.15, 0.2) is 0 Å². The molecule has 0 spiro atoms. The van der Waals surface area contributed by atoms with Crippen molar-refractivity contribution in [1.82, 2.24) is 4.90 Å². The van der Waals surface area contributed by atoms with E-state index in [9.17, 15) is 5.11 Å². The summed E-state index contributed by atoms with van der Waals surface area (Å²) >= 11 is 0. The lowest BCUT2D eigenvalue weighted by Gasteiger charge is -2.43. The van der Waals surface area contributed by atoms with Crippen molar-refractivity contribution in [2.75, 3.05) is 36.8 Å². The minimum atomic E-state index is -0.303.